The minimum absolute atomic E-state index is 0.0383. The Kier molecular flexibility index (Phi) is 7.71. The Balaban J connectivity index is 1.44. The number of aromatic amines is 1. The number of piperidine rings is 1. The van der Waals surface area contributed by atoms with Gasteiger partial charge in [0.05, 0.1) is 30.1 Å². The molecule has 3 heterocycles. The number of rotatable bonds is 7. The standard InChI is InChI=1S/C23H33N5O4/c1-16(12-25-22(30)32-23(2,3)4)21(29)28-11-5-6-17(14-28)15-31-18-7-8-19(24-13-18)20-9-10-26-27-20/h7-10,13,16-17H,5-6,11-12,14-15H2,1-4H3,(H,25,30)(H,26,27)/t16-,17-/m1/s1. The summed E-state index contributed by atoms with van der Waals surface area (Å²) in [5.74, 6) is 0.676. The van der Waals surface area contributed by atoms with E-state index in [-0.39, 0.29) is 24.3 Å². The van der Waals surface area contributed by atoms with Crippen LogP contribution in [0.4, 0.5) is 4.79 Å². The molecular weight excluding hydrogens is 410 g/mol. The fourth-order valence-electron chi connectivity index (χ4n) is 3.59. The number of hydrogen-bond acceptors (Lipinski definition) is 6. The average molecular weight is 444 g/mol. The van der Waals surface area contributed by atoms with Crippen LogP contribution in [0.15, 0.2) is 30.6 Å². The van der Waals surface area contributed by atoms with Crippen molar-refractivity contribution in [3.63, 3.8) is 0 Å². The maximum absolute atomic E-state index is 12.8. The first-order valence-electron chi connectivity index (χ1n) is 11.1. The summed E-state index contributed by atoms with van der Waals surface area (Å²) < 4.78 is 11.2. The molecule has 0 bridgehead atoms. The van der Waals surface area contributed by atoms with Gasteiger partial charge in [0.25, 0.3) is 0 Å². The van der Waals surface area contributed by atoms with Gasteiger partial charge in [-0.05, 0) is 51.8 Å². The molecule has 3 rings (SSSR count). The zero-order chi connectivity index (χ0) is 23.1. The van der Waals surface area contributed by atoms with Gasteiger partial charge in [-0.1, -0.05) is 6.92 Å². The molecule has 1 aliphatic heterocycles. The van der Waals surface area contributed by atoms with Crippen LogP contribution < -0.4 is 10.1 Å². The largest absolute Gasteiger partial charge is 0.492 e. The Morgan fingerprint density at radius 2 is 2.12 bits per heavy atom. The Bertz CT molecular complexity index is 877. The van der Waals surface area contributed by atoms with Gasteiger partial charge in [-0.3, -0.25) is 14.9 Å². The number of hydrogen-bond donors (Lipinski definition) is 2. The molecular formula is C23H33N5O4. The van der Waals surface area contributed by atoms with Crippen molar-refractivity contribution in [2.24, 2.45) is 11.8 Å². The molecule has 0 aliphatic carbocycles. The maximum Gasteiger partial charge on any atom is 0.407 e. The van der Waals surface area contributed by atoms with Crippen LogP contribution in [0.1, 0.15) is 40.5 Å². The van der Waals surface area contributed by atoms with Crippen molar-refractivity contribution in [2.75, 3.05) is 26.2 Å². The molecule has 2 amide bonds. The molecule has 0 radical (unpaired) electrons. The van der Waals surface area contributed by atoms with Crippen molar-refractivity contribution in [3.8, 4) is 17.1 Å². The van der Waals surface area contributed by atoms with E-state index in [1.165, 1.54) is 0 Å². The summed E-state index contributed by atoms with van der Waals surface area (Å²) in [5, 5.41) is 9.50. The SMILES string of the molecule is C[C@H](CNC(=O)OC(C)(C)C)C(=O)N1CCC[C@@H](COc2ccc(-c3ccn[nH]3)nc2)C1. The molecule has 1 fully saturated rings. The lowest BCUT2D eigenvalue weighted by Gasteiger charge is -2.34. The fourth-order valence-corrected chi connectivity index (χ4v) is 3.59. The third-order valence-corrected chi connectivity index (χ3v) is 5.20. The van der Waals surface area contributed by atoms with Crippen molar-refractivity contribution < 1.29 is 19.1 Å². The van der Waals surface area contributed by atoms with Gasteiger partial charge in [-0.2, -0.15) is 5.10 Å². The zero-order valence-electron chi connectivity index (χ0n) is 19.3. The smallest absolute Gasteiger partial charge is 0.407 e. The lowest BCUT2D eigenvalue weighted by molar-refractivity contribution is -0.136. The molecule has 174 valence electrons. The van der Waals surface area contributed by atoms with Gasteiger partial charge in [-0.15, -0.1) is 0 Å². The second kappa shape index (κ2) is 10.5. The molecule has 9 heteroatoms. The molecule has 0 spiro atoms. The first kappa shape index (κ1) is 23.6. The summed E-state index contributed by atoms with van der Waals surface area (Å²) in [7, 11) is 0. The Morgan fingerprint density at radius 1 is 1.31 bits per heavy atom. The van der Waals surface area contributed by atoms with Crippen LogP contribution in [0.2, 0.25) is 0 Å². The predicted octanol–water partition coefficient (Wildman–Crippen LogP) is 3.25. The van der Waals surface area contributed by atoms with Gasteiger partial charge in [0.15, 0.2) is 0 Å². The fraction of sp³-hybridized carbons (Fsp3) is 0.565. The van der Waals surface area contributed by atoms with Crippen LogP contribution >= 0.6 is 0 Å². The Labute approximate surface area is 188 Å². The van der Waals surface area contributed by atoms with E-state index in [0.29, 0.717) is 18.9 Å². The summed E-state index contributed by atoms with van der Waals surface area (Å²) >= 11 is 0. The number of likely N-dealkylation sites (tertiary alicyclic amines) is 1. The number of nitrogens with one attached hydrogen (secondary N) is 2. The average Bonchev–Trinajstić information content (AvgIpc) is 3.30. The molecule has 0 unspecified atom stereocenters. The minimum atomic E-state index is -0.563. The van der Waals surface area contributed by atoms with Crippen LogP contribution in [0, 0.1) is 11.8 Å². The van der Waals surface area contributed by atoms with Crippen molar-refractivity contribution in [1.82, 2.24) is 25.4 Å². The number of amides is 2. The maximum atomic E-state index is 12.8. The summed E-state index contributed by atoms with van der Waals surface area (Å²) in [6.07, 6.45) is 4.82. The van der Waals surface area contributed by atoms with Gasteiger partial charge in [0, 0.05) is 31.7 Å². The zero-order valence-corrected chi connectivity index (χ0v) is 19.3. The van der Waals surface area contributed by atoms with E-state index >= 15 is 0 Å². The number of carbonyl (C=O) groups is 2. The van der Waals surface area contributed by atoms with Gasteiger partial charge < -0.3 is 19.7 Å². The van der Waals surface area contributed by atoms with Gasteiger partial charge in [0.1, 0.15) is 11.4 Å². The third kappa shape index (κ3) is 6.96. The molecule has 2 N–H and O–H groups in total. The lowest BCUT2D eigenvalue weighted by atomic mass is 9.97. The van der Waals surface area contributed by atoms with Gasteiger partial charge in [-0.25, -0.2) is 4.79 Å². The Hall–Kier alpha value is -3.10. The van der Waals surface area contributed by atoms with Crippen molar-refractivity contribution >= 4 is 12.0 Å². The molecule has 32 heavy (non-hydrogen) atoms. The van der Waals surface area contributed by atoms with E-state index in [1.807, 2.05) is 30.0 Å². The summed E-state index contributed by atoms with van der Waals surface area (Å²) in [6, 6.07) is 5.64. The summed E-state index contributed by atoms with van der Waals surface area (Å²) in [5.41, 5.74) is 1.10. The second-order valence-corrected chi connectivity index (χ2v) is 9.24. The van der Waals surface area contributed by atoms with Crippen LogP contribution in [0.5, 0.6) is 5.75 Å². The van der Waals surface area contributed by atoms with Crippen LogP contribution in [-0.4, -0.2) is 63.9 Å². The highest BCUT2D eigenvalue weighted by Crippen LogP contribution is 2.21. The van der Waals surface area contributed by atoms with Gasteiger partial charge in [0.2, 0.25) is 5.91 Å². The predicted molar refractivity (Wildman–Crippen MR) is 120 cm³/mol. The van der Waals surface area contributed by atoms with Crippen LogP contribution in [0.3, 0.4) is 0 Å². The lowest BCUT2D eigenvalue weighted by Crippen LogP contribution is -2.46. The molecule has 0 saturated carbocycles. The summed E-state index contributed by atoms with van der Waals surface area (Å²) in [6.45, 7) is 9.40. The van der Waals surface area contributed by atoms with E-state index in [9.17, 15) is 9.59 Å². The monoisotopic (exact) mass is 443 g/mol. The van der Waals surface area contributed by atoms with E-state index in [2.05, 4.69) is 20.5 Å². The van der Waals surface area contributed by atoms with E-state index in [0.717, 1.165) is 30.8 Å². The number of H-pyrrole nitrogens is 1. The highest BCUT2D eigenvalue weighted by molar-refractivity contribution is 5.79. The van der Waals surface area contributed by atoms with E-state index < -0.39 is 11.7 Å². The first-order chi connectivity index (χ1) is 15.2. The normalized spacial score (nSPS) is 17.5. The van der Waals surface area contributed by atoms with E-state index in [1.54, 1.807) is 33.2 Å². The Morgan fingerprint density at radius 3 is 2.78 bits per heavy atom. The number of alkyl carbamates (subject to hydrolysis) is 1. The molecule has 0 aromatic carbocycles. The molecule has 1 aliphatic rings. The molecule has 9 nitrogen and oxygen atoms in total. The van der Waals surface area contributed by atoms with Crippen LogP contribution in [0.25, 0.3) is 11.4 Å². The quantitative estimate of drug-likeness (QED) is 0.680. The first-order valence-corrected chi connectivity index (χ1v) is 11.1. The number of nitrogens with zero attached hydrogens (tertiary/aromatic N) is 3. The van der Waals surface area contributed by atoms with E-state index in [4.69, 9.17) is 9.47 Å². The molecule has 1 saturated heterocycles. The topological polar surface area (TPSA) is 109 Å². The highest BCUT2D eigenvalue weighted by atomic mass is 16.6. The number of carbonyl (C=O) groups excluding carboxylic acids is 2. The minimum Gasteiger partial charge on any atom is -0.492 e. The molecule has 2 aromatic rings. The number of pyridine rings is 1. The van der Waals surface area contributed by atoms with Crippen LogP contribution in [-0.2, 0) is 9.53 Å². The number of ether oxygens (including phenoxy) is 2. The van der Waals surface area contributed by atoms with Crippen molar-refractivity contribution in [1.29, 1.82) is 0 Å². The van der Waals surface area contributed by atoms with Crippen molar-refractivity contribution in [3.05, 3.63) is 30.6 Å². The van der Waals surface area contributed by atoms with Crippen molar-refractivity contribution in [2.45, 2.75) is 46.1 Å². The molecule has 2 atom stereocenters. The third-order valence-electron chi connectivity index (χ3n) is 5.20. The summed E-state index contributed by atoms with van der Waals surface area (Å²) in [4.78, 5) is 31.0. The molecule has 2 aromatic heterocycles. The second-order valence-electron chi connectivity index (χ2n) is 9.24. The number of aromatic nitrogens is 3. The van der Waals surface area contributed by atoms with Gasteiger partial charge >= 0.3 is 6.09 Å². The highest BCUT2D eigenvalue weighted by Gasteiger charge is 2.28.